The molecule has 0 unspecified atom stereocenters. The molecule has 0 amide bonds. The molecule has 2 aromatic rings. The Balaban J connectivity index is 1.92. The molecule has 0 bridgehead atoms. The van der Waals surface area contributed by atoms with Crippen molar-refractivity contribution < 1.29 is 8.42 Å². The molecular formula is C14H15ClN2O2S2. The molecule has 0 fully saturated rings. The molecule has 0 aliphatic carbocycles. The van der Waals surface area contributed by atoms with E-state index in [4.69, 9.17) is 17.3 Å². The van der Waals surface area contributed by atoms with Crippen molar-refractivity contribution in [2.45, 2.75) is 9.79 Å². The van der Waals surface area contributed by atoms with Crippen LogP contribution in [0.2, 0.25) is 5.02 Å². The quantitative estimate of drug-likeness (QED) is 0.481. The van der Waals surface area contributed by atoms with Gasteiger partial charge in [-0.2, -0.15) is 0 Å². The van der Waals surface area contributed by atoms with Gasteiger partial charge in [-0.15, -0.1) is 11.8 Å². The third-order valence-corrected chi connectivity index (χ3v) is 5.61. The van der Waals surface area contributed by atoms with Gasteiger partial charge in [-0.3, -0.25) is 0 Å². The molecule has 0 aliphatic heterocycles. The number of thioether (sulfide) groups is 1. The van der Waals surface area contributed by atoms with Crippen molar-refractivity contribution in [3.05, 3.63) is 53.6 Å². The smallest absolute Gasteiger partial charge is 0.242 e. The Morgan fingerprint density at radius 3 is 2.52 bits per heavy atom. The first-order valence-electron chi connectivity index (χ1n) is 6.21. The highest BCUT2D eigenvalue weighted by Gasteiger charge is 2.17. The lowest BCUT2D eigenvalue weighted by atomic mass is 10.3. The molecule has 112 valence electrons. The summed E-state index contributed by atoms with van der Waals surface area (Å²) in [4.78, 5) is 1.14. The summed E-state index contributed by atoms with van der Waals surface area (Å²) in [6.45, 7) is 0.322. The maximum absolute atomic E-state index is 12.1. The summed E-state index contributed by atoms with van der Waals surface area (Å²) in [5.41, 5.74) is 5.98. The second-order valence-electron chi connectivity index (χ2n) is 4.25. The summed E-state index contributed by atoms with van der Waals surface area (Å²) in [5.74, 6) is 0.635. The largest absolute Gasteiger partial charge is 0.399 e. The van der Waals surface area contributed by atoms with Gasteiger partial charge in [-0.1, -0.05) is 29.8 Å². The Morgan fingerprint density at radius 1 is 1.14 bits per heavy atom. The Kier molecular flexibility index (Phi) is 5.52. The number of halogens is 1. The van der Waals surface area contributed by atoms with Gasteiger partial charge in [0.2, 0.25) is 10.0 Å². The van der Waals surface area contributed by atoms with Crippen LogP contribution in [0.4, 0.5) is 5.69 Å². The van der Waals surface area contributed by atoms with E-state index in [0.717, 1.165) is 4.90 Å². The molecule has 0 radical (unpaired) electrons. The Labute approximate surface area is 133 Å². The number of sulfonamides is 1. The highest BCUT2D eigenvalue weighted by atomic mass is 35.5. The van der Waals surface area contributed by atoms with Crippen LogP contribution < -0.4 is 10.5 Å². The second-order valence-corrected chi connectivity index (χ2v) is 7.56. The van der Waals surface area contributed by atoms with Crippen molar-refractivity contribution in [3.8, 4) is 0 Å². The molecule has 0 aromatic heterocycles. The molecule has 3 N–H and O–H groups in total. The molecular weight excluding hydrogens is 328 g/mol. The number of nitrogens with two attached hydrogens (primary N) is 1. The van der Waals surface area contributed by atoms with Crippen LogP contribution in [-0.4, -0.2) is 20.7 Å². The van der Waals surface area contributed by atoms with E-state index in [1.165, 1.54) is 18.2 Å². The van der Waals surface area contributed by atoms with E-state index in [-0.39, 0.29) is 9.92 Å². The van der Waals surface area contributed by atoms with E-state index in [2.05, 4.69) is 4.72 Å². The fourth-order valence-electron chi connectivity index (χ4n) is 1.67. The van der Waals surface area contributed by atoms with Gasteiger partial charge >= 0.3 is 0 Å². The average Bonchev–Trinajstić information content (AvgIpc) is 2.44. The van der Waals surface area contributed by atoms with Crippen LogP contribution in [0.25, 0.3) is 0 Å². The topological polar surface area (TPSA) is 72.2 Å². The highest BCUT2D eigenvalue weighted by Crippen LogP contribution is 2.23. The Bertz CT molecular complexity index is 706. The standard InChI is InChI=1S/C14H15ClN2O2S2/c15-13-10-11(16)6-7-14(13)21(18,19)17-8-9-20-12-4-2-1-3-5-12/h1-7,10,17H,8-9,16H2. The average molecular weight is 343 g/mol. The van der Waals surface area contributed by atoms with E-state index >= 15 is 0 Å². The molecule has 2 aromatic carbocycles. The third kappa shape index (κ3) is 4.64. The van der Waals surface area contributed by atoms with Crippen molar-refractivity contribution in [2.24, 2.45) is 0 Å². The fraction of sp³-hybridized carbons (Fsp3) is 0.143. The number of benzene rings is 2. The first kappa shape index (κ1) is 16.2. The van der Waals surface area contributed by atoms with Crippen molar-refractivity contribution in [1.82, 2.24) is 4.72 Å². The minimum atomic E-state index is -3.61. The summed E-state index contributed by atoms with van der Waals surface area (Å²) in [7, 11) is -3.61. The molecule has 7 heteroatoms. The van der Waals surface area contributed by atoms with Crippen LogP contribution >= 0.6 is 23.4 Å². The van der Waals surface area contributed by atoms with E-state index in [1.54, 1.807) is 11.8 Å². The van der Waals surface area contributed by atoms with Gasteiger partial charge in [0.1, 0.15) is 4.90 Å². The van der Waals surface area contributed by atoms with Gasteiger partial charge in [0, 0.05) is 22.9 Å². The summed E-state index contributed by atoms with van der Waals surface area (Å²) in [6.07, 6.45) is 0. The van der Waals surface area contributed by atoms with Crippen LogP contribution in [0.1, 0.15) is 0 Å². The first-order chi connectivity index (χ1) is 9.99. The number of hydrogen-bond acceptors (Lipinski definition) is 4. The summed E-state index contributed by atoms with van der Waals surface area (Å²) in [5, 5.41) is 0.123. The van der Waals surface area contributed by atoms with Crippen molar-refractivity contribution >= 4 is 39.1 Å². The van der Waals surface area contributed by atoms with Gasteiger partial charge in [0.25, 0.3) is 0 Å². The number of nitrogens with one attached hydrogen (secondary N) is 1. The monoisotopic (exact) mass is 342 g/mol. The van der Waals surface area contributed by atoms with E-state index in [1.807, 2.05) is 30.3 Å². The summed E-state index contributed by atoms with van der Waals surface area (Å²) < 4.78 is 26.8. The van der Waals surface area contributed by atoms with Crippen molar-refractivity contribution in [2.75, 3.05) is 18.0 Å². The Morgan fingerprint density at radius 2 is 1.86 bits per heavy atom. The van der Waals surface area contributed by atoms with Crippen LogP contribution in [-0.2, 0) is 10.0 Å². The maximum atomic E-state index is 12.1. The van der Waals surface area contributed by atoms with Crippen molar-refractivity contribution in [3.63, 3.8) is 0 Å². The minimum absolute atomic E-state index is 0.0445. The summed E-state index contributed by atoms with van der Waals surface area (Å²) in [6, 6.07) is 14.1. The van der Waals surface area contributed by atoms with Gasteiger partial charge < -0.3 is 5.73 Å². The first-order valence-corrected chi connectivity index (χ1v) is 9.06. The predicted octanol–water partition coefficient (Wildman–Crippen LogP) is 2.99. The van der Waals surface area contributed by atoms with Gasteiger partial charge in [-0.25, -0.2) is 13.1 Å². The molecule has 0 saturated heterocycles. The number of hydrogen-bond donors (Lipinski definition) is 2. The predicted molar refractivity (Wildman–Crippen MR) is 88.2 cm³/mol. The molecule has 0 spiro atoms. The van der Waals surface area contributed by atoms with Gasteiger partial charge in [0.05, 0.1) is 5.02 Å². The lowest BCUT2D eigenvalue weighted by Gasteiger charge is -2.08. The Hall–Kier alpha value is -1.21. The van der Waals surface area contributed by atoms with Gasteiger partial charge in [0.15, 0.2) is 0 Å². The molecule has 2 rings (SSSR count). The minimum Gasteiger partial charge on any atom is -0.399 e. The zero-order chi connectivity index (χ0) is 15.3. The van der Waals surface area contributed by atoms with Crippen molar-refractivity contribution in [1.29, 1.82) is 0 Å². The molecule has 0 heterocycles. The zero-order valence-corrected chi connectivity index (χ0v) is 13.5. The van der Waals surface area contributed by atoms with Crippen LogP contribution in [0.5, 0.6) is 0 Å². The molecule has 4 nitrogen and oxygen atoms in total. The van der Waals surface area contributed by atoms with Crippen LogP contribution in [0, 0.1) is 0 Å². The number of nitrogen functional groups attached to an aromatic ring is 1. The SMILES string of the molecule is Nc1ccc(S(=O)(=O)NCCSc2ccccc2)c(Cl)c1. The normalized spacial score (nSPS) is 11.5. The van der Waals surface area contributed by atoms with Gasteiger partial charge in [-0.05, 0) is 30.3 Å². The van der Waals surface area contributed by atoms with Crippen LogP contribution in [0.3, 0.4) is 0 Å². The van der Waals surface area contributed by atoms with Crippen LogP contribution in [0.15, 0.2) is 58.3 Å². The highest BCUT2D eigenvalue weighted by molar-refractivity contribution is 7.99. The zero-order valence-electron chi connectivity index (χ0n) is 11.1. The van der Waals surface area contributed by atoms with E-state index in [0.29, 0.717) is 18.0 Å². The number of anilines is 1. The third-order valence-electron chi connectivity index (χ3n) is 2.65. The molecule has 21 heavy (non-hydrogen) atoms. The lowest BCUT2D eigenvalue weighted by Crippen LogP contribution is -2.26. The molecule has 0 saturated carbocycles. The maximum Gasteiger partial charge on any atom is 0.242 e. The second kappa shape index (κ2) is 7.17. The summed E-state index contributed by atoms with van der Waals surface area (Å²) >= 11 is 7.50. The van der Waals surface area contributed by atoms with E-state index < -0.39 is 10.0 Å². The molecule has 0 atom stereocenters. The number of rotatable bonds is 6. The van der Waals surface area contributed by atoms with E-state index in [9.17, 15) is 8.42 Å². The fourth-order valence-corrected chi connectivity index (χ4v) is 4.18. The molecule has 0 aliphatic rings. The lowest BCUT2D eigenvalue weighted by molar-refractivity contribution is 0.584.